The zero-order valence-corrected chi connectivity index (χ0v) is 10.7. The van der Waals surface area contributed by atoms with Crippen LogP contribution >= 0.6 is 0 Å². The molecule has 1 rings (SSSR count). The maximum atomic E-state index is 11.6. The van der Waals surface area contributed by atoms with Crippen LogP contribution in [-0.4, -0.2) is 36.1 Å². The Morgan fingerprint density at radius 3 is 2.53 bits per heavy atom. The first-order chi connectivity index (χ1) is 7.80. The van der Waals surface area contributed by atoms with Gasteiger partial charge >= 0.3 is 0 Å². The Labute approximate surface area is 102 Å². The molecule has 0 aromatic carbocycles. The van der Waals surface area contributed by atoms with E-state index in [9.17, 15) is 14.7 Å². The minimum absolute atomic E-state index is 0.0194. The molecule has 98 valence electrons. The van der Waals surface area contributed by atoms with Gasteiger partial charge in [-0.3, -0.25) is 14.9 Å². The molecule has 0 aliphatic carbocycles. The van der Waals surface area contributed by atoms with Gasteiger partial charge in [-0.2, -0.15) is 0 Å². The molecule has 3 N–H and O–H groups in total. The van der Waals surface area contributed by atoms with Gasteiger partial charge in [0.2, 0.25) is 5.91 Å². The van der Waals surface area contributed by atoms with E-state index in [2.05, 4.69) is 10.6 Å². The number of nitrogens with one attached hydrogen (secondary N) is 2. The lowest BCUT2D eigenvalue weighted by Crippen LogP contribution is -2.38. The van der Waals surface area contributed by atoms with E-state index in [1.807, 2.05) is 0 Å². The smallest absolute Gasteiger partial charge is 0.225 e. The SMILES string of the molecule is CC(C)(C)C(=O)NCC(=O)C[C@@H]1CCNC1O. The lowest BCUT2D eigenvalue weighted by molar-refractivity contribution is -0.131. The number of aliphatic hydroxyl groups excluding tert-OH is 1. The minimum atomic E-state index is -0.586. The number of ketones is 1. The lowest BCUT2D eigenvalue weighted by Gasteiger charge is -2.18. The van der Waals surface area contributed by atoms with Gasteiger partial charge < -0.3 is 10.4 Å². The summed E-state index contributed by atoms with van der Waals surface area (Å²) in [4.78, 5) is 23.2. The topological polar surface area (TPSA) is 78.4 Å². The molecule has 1 saturated heterocycles. The summed E-state index contributed by atoms with van der Waals surface area (Å²) in [6.07, 6.45) is 0.538. The molecule has 5 nitrogen and oxygen atoms in total. The maximum Gasteiger partial charge on any atom is 0.225 e. The van der Waals surface area contributed by atoms with Crippen LogP contribution in [0.2, 0.25) is 0 Å². The number of Topliss-reactive ketones (excluding diaryl/α,β-unsaturated/α-hetero) is 1. The van der Waals surface area contributed by atoms with Crippen LogP contribution in [0, 0.1) is 11.3 Å². The third-order valence-electron chi connectivity index (χ3n) is 2.93. The average Bonchev–Trinajstić information content (AvgIpc) is 2.59. The average molecular weight is 242 g/mol. The van der Waals surface area contributed by atoms with E-state index in [4.69, 9.17) is 0 Å². The lowest BCUT2D eigenvalue weighted by atomic mass is 9.95. The van der Waals surface area contributed by atoms with Crippen LogP contribution in [0.5, 0.6) is 0 Å². The summed E-state index contributed by atoms with van der Waals surface area (Å²) in [6, 6.07) is 0. The molecule has 0 radical (unpaired) electrons. The number of hydrogen-bond donors (Lipinski definition) is 3. The Bertz CT molecular complexity index is 297. The molecule has 0 saturated carbocycles. The molecule has 1 unspecified atom stereocenters. The summed E-state index contributed by atoms with van der Waals surface area (Å²) < 4.78 is 0. The molecule has 1 heterocycles. The second kappa shape index (κ2) is 5.60. The van der Waals surface area contributed by atoms with Crippen LogP contribution in [0.15, 0.2) is 0 Å². The maximum absolute atomic E-state index is 11.6. The molecule has 0 aromatic heterocycles. The Morgan fingerprint density at radius 2 is 2.06 bits per heavy atom. The molecule has 0 bridgehead atoms. The predicted molar refractivity (Wildman–Crippen MR) is 64.2 cm³/mol. The number of hydrogen-bond acceptors (Lipinski definition) is 4. The number of carbonyl (C=O) groups excluding carboxylic acids is 2. The van der Waals surface area contributed by atoms with Crippen LogP contribution in [0.1, 0.15) is 33.6 Å². The van der Waals surface area contributed by atoms with E-state index in [-0.39, 0.29) is 24.2 Å². The molecule has 5 heteroatoms. The van der Waals surface area contributed by atoms with Crippen molar-refractivity contribution in [3.8, 4) is 0 Å². The molecule has 17 heavy (non-hydrogen) atoms. The first-order valence-corrected chi connectivity index (χ1v) is 6.02. The standard InChI is InChI=1S/C12H22N2O3/c1-12(2,3)11(17)14-7-9(15)6-8-4-5-13-10(8)16/h8,10,13,16H,4-7H2,1-3H3,(H,14,17)/t8-,10?/m0/s1. The molecule has 2 atom stereocenters. The monoisotopic (exact) mass is 242 g/mol. The highest BCUT2D eigenvalue weighted by atomic mass is 16.3. The van der Waals surface area contributed by atoms with Gasteiger partial charge in [0.25, 0.3) is 0 Å². The zero-order chi connectivity index (χ0) is 13.1. The predicted octanol–water partition coefficient (Wildman–Crippen LogP) is 0.0358. The highest BCUT2D eigenvalue weighted by Crippen LogP contribution is 2.17. The summed E-state index contributed by atoms with van der Waals surface area (Å²) >= 11 is 0. The molecule has 1 aliphatic rings. The van der Waals surface area contributed by atoms with Gasteiger partial charge in [-0.1, -0.05) is 20.8 Å². The van der Waals surface area contributed by atoms with Gasteiger partial charge in [-0.05, 0) is 13.0 Å². The van der Waals surface area contributed by atoms with Crippen LogP contribution in [0.25, 0.3) is 0 Å². The van der Waals surface area contributed by atoms with E-state index in [0.29, 0.717) is 6.42 Å². The molecule has 1 fully saturated rings. The second-order valence-corrected chi connectivity index (χ2v) is 5.62. The highest BCUT2D eigenvalue weighted by molar-refractivity contribution is 5.88. The van der Waals surface area contributed by atoms with Crippen molar-refractivity contribution in [3.05, 3.63) is 0 Å². The molecular weight excluding hydrogens is 220 g/mol. The summed E-state index contributed by atoms with van der Waals surface area (Å²) in [6.45, 7) is 6.21. The van der Waals surface area contributed by atoms with Gasteiger partial charge in [0.05, 0.1) is 6.54 Å². The fraction of sp³-hybridized carbons (Fsp3) is 0.833. The normalized spacial score (nSPS) is 24.7. The largest absolute Gasteiger partial charge is 0.378 e. The van der Waals surface area contributed by atoms with Crippen LogP contribution in [0.4, 0.5) is 0 Å². The van der Waals surface area contributed by atoms with Crippen molar-refractivity contribution in [2.45, 2.75) is 39.8 Å². The summed E-state index contributed by atoms with van der Waals surface area (Å²) in [5.74, 6) is -0.180. The quantitative estimate of drug-likeness (QED) is 0.650. The minimum Gasteiger partial charge on any atom is -0.378 e. The molecule has 0 spiro atoms. The van der Waals surface area contributed by atoms with Gasteiger partial charge in [0.15, 0.2) is 5.78 Å². The molecule has 1 aliphatic heterocycles. The third-order valence-corrected chi connectivity index (χ3v) is 2.93. The van der Waals surface area contributed by atoms with Crippen molar-refractivity contribution in [3.63, 3.8) is 0 Å². The summed E-state index contributed by atoms with van der Waals surface area (Å²) in [7, 11) is 0. The Kier molecular flexibility index (Phi) is 4.65. The van der Waals surface area contributed by atoms with E-state index in [0.717, 1.165) is 13.0 Å². The first-order valence-electron chi connectivity index (χ1n) is 6.02. The number of carbonyl (C=O) groups is 2. The first kappa shape index (κ1) is 14.1. The number of rotatable bonds is 4. The Morgan fingerprint density at radius 1 is 1.41 bits per heavy atom. The third kappa shape index (κ3) is 4.44. The highest BCUT2D eigenvalue weighted by Gasteiger charge is 2.27. The van der Waals surface area contributed by atoms with Crippen molar-refractivity contribution >= 4 is 11.7 Å². The zero-order valence-electron chi connectivity index (χ0n) is 10.7. The van der Waals surface area contributed by atoms with Crippen molar-refractivity contribution in [2.75, 3.05) is 13.1 Å². The van der Waals surface area contributed by atoms with Crippen molar-refractivity contribution in [1.29, 1.82) is 0 Å². The summed E-state index contributed by atoms with van der Waals surface area (Å²) in [5.41, 5.74) is -0.477. The van der Waals surface area contributed by atoms with E-state index >= 15 is 0 Å². The van der Waals surface area contributed by atoms with Crippen LogP contribution < -0.4 is 10.6 Å². The van der Waals surface area contributed by atoms with Crippen molar-refractivity contribution in [1.82, 2.24) is 10.6 Å². The fourth-order valence-electron chi connectivity index (χ4n) is 1.76. The van der Waals surface area contributed by atoms with Gasteiger partial charge in [0, 0.05) is 17.8 Å². The van der Waals surface area contributed by atoms with Gasteiger partial charge in [-0.25, -0.2) is 0 Å². The second-order valence-electron chi connectivity index (χ2n) is 5.62. The van der Waals surface area contributed by atoms with Gasteiger partial charge in [0.1, 0.15) is 6.23 Å². The van der Waals surface area contributed by atoms with Crippen molar-refractivity contribution in [2.24, 2.45) is 11.3 Å². The van der Waals surface area contributed by atoms with E-state index in [1.165, 1.54) is 0 Å². The Balaban J connectivity index is 2.28. The molecule has 1 amide bonds. The molecular formula is C12H22N2O3. The molecule has 0 aromatic rings. The number of aliphatic hydroxyl groups is 1. The number of amides is 1. The Hall–Kier alpha value is -0.940. The fourth-order valence-corrected chi connectivity index (χ4v) is 1.76. The van der Waals surface area contributed by atoms with Crippen molar-refractivity contribution < 1.29 is 14.7 Å². The van der Waals surface area contributed by atoms with Crippen LogP contribution in [-0.2, 0) is 9.59 Å². The van der Waals surface area contributed by atoms with E-state index in [1.54, 1.807) is 20.8 Å². The van der Waals surface area contributed by atoms with Gasteiger partial charge in [-0.15, -0.1) is 0 Å². The van der Waals surface area contributed by atoms with Crippen LogP contribution in [0.3, 0.4) is 0 Å². The summed E-state index contributed by atoms with van der Waals surface area (Å²) in [5, 5.41) is 15.0. The van der Waals surface area contributed by atoms with E-state index < -0.39 is 11.6 Å².